The van der Waals surface area contributed by atoms with E-state index in [1.807, 2.05) is 36.4 Å². The van der Waals surface area contributed by atoms with Gasteiger partial charge in [0, 0.05) is 17.3 Å². The summed E-state index contributed by atoms with van der Waals surface area (Å²) < 4.78 is 54.6. The Labute approximate surface area is 278 Å². The molecule has 48 heavy (non-hydrogen) atoms. The minimum Gasteiger partial charge on any atom is -0.490 e. The molecule has 8 nitrogen and oxygen atoms in total. The first-order valence-electron chi connectivity index (χ1n) is 16.4. The van der Waals surface area contributed by atoms with E-state index in [9.17, 15) is 23.2 Å². The number of carbonyl (C=O) groups is 1. The van der Waals surface area contributed by atoms with Crippen LogP contribution in [0, 0.1) is 17.2 Å². The molecule has 1 saturated carbocycles. The van der Waals surface area contributed by atoms with Gasteiger partial charge in [-0.05, 0) is 80.1 Å². The number of anilines is 1. The fourth-order valence-electron chi connectivity index (χ4n) is 5.26. The summed E-state index contributed by atoms with van der Waals surface area (Å²) in [6.45, 7) is 6.11. The molecule has 1 aromatic heterocycles. The van der Waals surface area contributed by atoms with Crippen LogP contribution in [0.4, 0.5) is 18.9 Å². The number of carbonyl (C=O) groups excluding carboxylic acids is 1. The third kappa shape index (κ3) is 8.75. The van der Waals surface area contributed by atoms with Gasteiger partial charge >= 0.3 is 6.18 Å². The van der Waals surface area contributed by atoms with Crippen LogP contribution in [-0.4, -0.2) is 35.4 Å². The summed E-state index contributed by atoms with van der Waals surface area (Å²) in [6, 6.07) is 21.4. The van der Waals surface area contributed by atoms with E-state index < -0.39 is 17.8 Å². The van der Waals surface area contributed by atoms with E-state index in [1.54, 1.807) is 12.1 Å². The molecule has 1 fully saturated rings. The fraction of sp³-hybridized carbons (Fsp3) is 0.378. The van der Waals surface area contributed by atoms with Crippen molar-refractivity contribution in [2.24, 2.45) is 5.92 Å². The number of rotatable bonds is 16. The molecule has 0 saturated heterocycles. The lowest BCUT2D eigenvalue weighted by Gasteiger charge is -2.25. The number of hydrogen-bond donors (Lipinski definition) is 2. The van der Waals surface area contributed by atoms with Crippen molar-refractivity contribution in [2.75, 3.05) is 25.1 Å². The second kappa shape index (κ2) is 15.8. The van der Waals surface area contributed by atoms with Crippen LogP contribution in [-0.2, 0) is 6.18 Å². The number of aromatic nitrogens is 2. The van der Waals surface area contributed by atoms with Gasteiger partial charge in [-0.1, -0.05) is 57.0 Å². The van der Waals surface area contributed by atoms with Crippen molar-refractivity contribution < 1.29 is 27.4 Å². The fourth-order valence-corrected chi connectivity index (χ4v) is 5.26. The summed E-state index contributed by atoms with van der Waals surface area (Å²) in [6.07, 6.45) is 1.31. The maximum Gasteiger partial charge on any atom is 0.435 e. The molecule has 1 heterocycles. The monoisotopic (exact) mass is 659 g/mol. The zero-order valence-electron chi connectivity index (χ0n) is 27.1. The Bertz CT molecular complexity index is 1740. The molecule has 2 N–H and O–H groups in total. The lowest BCUT2D eigenvalue weighted by Crippen LogP contribution is -2.25. The molecule has 1 unspecified atom stereocenters. The molecule has 0 aliphatic heterocycles. The number of nitrogens with one attached hydrogen (secondary N) is 2. The minimum atomic E-state index is -4.78. The van der Waals surface area contributed by atoms with Gasteiger partial charge < -0.3 is 20.1 Å². The Balaban J connectivity index is 1.48. The molecule has 11 heteroatoms. The van der Waals surface area contributed by atoms with Crippen molar-refractivity contribution in [1.82, 2.24) is 15.1 Å². The molecular weight excluding hydrogens is 619 g/mol. The van der Waals surface area contributed by atoms with Crippen LogP contribution < -0.4 is 20.1 Å². The Morgan fingerprint density at radius 3 is 2.44 bits per heavy atom. The average Bonchev–Trinajstić information content (AvgIpc) is 3.79. The highest BCUT2D eigenvalue weighted by Crippen LogP contribution is 2.39. The van der Waals surface area contributed by atoms with Crippen LogP contribution in [0.15, 0.2) is 72.8 Å². The van der Waals surface area contributed by atoms with Gasteiger partial charge in [0.25, 0.3) is 5.91 Å². The predicted octanol–water partition coefficient (Wildman–Crippen LogP) is 8.46. The number of hydrogen-bond acceptors (Lipinski definition) is 6. The van der Waals surface area contributed by atoms with E-state index in [2.05, 4.69) is 29.6 Å². The van der Waals surface area contributed by atoms with E-state index in [0.717, 1.165) is 60.9 Å². The number of benzene rings is 3. The van der Waals surface area contributed by atoms with Gasteiger partial charge in [0.15, 0.2) is 17.2 Å². The third-order valence-electron chi connectivity index (χ3n) is 8.06. The molecule has 0 radical (unpaired) electrons. The molecule has 1 amide bonds. The Kier molecular flexibility index (Phi) is 11.4. The average molecular weight is 660 g/mol. The maximum absolute atomic E-state index is 13.7. The van der Waals surface area contributed by atoms with Gasteiger partial charge in [-0.2, -0.15) is 23.5 Å². The number of amides is 1. The second-order valence-corrected chi connectivity index (χ2v) is 11.9. The standard InChI is InChI=1S/C37H40F3N5O3/c1-3-5-18-47-32-15-9-14-30(35(32)48-19-6-4-2)34(42-24-25-16-17-25)27-11-8-12-28(21-27)43-36(46)31-22-33(37(38,39)40)44-45(31)29-13-7-10-26(20-29)23-41/h7-15,20-22,25,34,42H,3-6,16-19,24H2,1-2H3,(H,43,46). The van der Waals surface area contributed by atoms with Crippen molar-refractivity contribution in [3.05, 3.63) is 101 Å². The predicted molar refractivity (Wildman–Crippen MR) is 177 cm³/mol. The van der Waals surface area contributed by atoms with Crippen molar-refractivity contribution in [3.8, 4) is 23.3 Å². The minimum absolute atomic E-state index is 0.157. The van der Waals surface area contributed by atoms with Crippen molar-refractivity contribution >= 4 is 11.6 Å². The highest BCUT2D eigenvalue weighted by Gasteiger charge is 2.36. The van der Waals surface area contributed by atoms with Crippen LogP contribution in [0.3, 0.4) is 0 Å². The molecular formula is C37H40F3N5O3. The van der Waals surface area contributed by atoms with Gasteiger partial charge in [-0.25, -0.2) is 4.68 Å². The van der Waals surface area contributed by atoms with E-state index in [-0.39, 0.29) is 23.0 Å². The van der Waals surface area contributed by atoms with Crippen molar-refractivity contribution in [3.63, 3.8) is 0 Å². The number of para-hydroxylation sites is 1. The molecule has 1 atom stereocenters. The third-order valence-corrected chi connectivity index (χ3v) is 8.06. The van der Waals surface area contributed by atoms with E-state index in [1.165, 1.54) is 24.3 Å². The zero-order chi connectivity index (χ0) is 34.1. The molecule has 0 bridgehead atoms. The zero-order valence-corrected chi connectivity index (χ0v) is 27.1. The topological polar surface area (TPSA) is 101 Å². The summed E-state index contributed by atoms with van der Waals surface area (Å²) in [7, 11) is 0. The molecule has 1 aliphatic carbocycles. The first kappa shape index (κ1) is 34.5. The molecule has 5 rings (SSSR count). The summed E-state index contributed by atoms with van der Waals surface area (Å²) in [4.78, 5) is 13.6. The van der Waals surface area contributed by atoms with E-state index >= 15 is 0 Å². The lowest BCUT2D eigenvalue weighted by atomic mass is 9.96. The van der Waals surface area contributed by atoms with Gasteiger partial charge in [-0.15, -0.1) is 0 Å². The highest BCUT2D eigenvalue weighted by atomic mass is 19.4. The number of nitriles is 1. The smallest absolute Gasteiger partial charge is 0.435 e. The highest BCUT2D eigenvalue weighted by molar-refractivity contribution is 6.03. The SMILES string of the molecule is CCCCOc1cccc(C(NCC2CC2)c2cccc(NC(=O)c3cc(C(F)(F)F)nn3-c3cccc(C#N)c3)c2)c1OCCCC. The number of halogens is 3. The lowest BCUT2D eigenvalue weighted by molar-refractivity contribution is -0.141. The molecule has 4 aromatic rings. The summed E-state index contributed by atoms with van der Waals surface area (Å²) in [5, 5.41) is 19.5. The van der Waals surface area contributed by atoms with E-state index in [0.29, 0.717) is 42.4 Å². The first-order chi connectivity index (χ1) is 23.2. The van der Waals surface area contributed by atoms with Crippen LogP contribution >= 0.6 is 0 Å². The number of ether oxygens (including phenoxy) is 2. The van der Waals surface area contributed by atoms with Crippen LogP contribution in [0.25, 0.3) is 5.69 Å². The molecule has 0 spiro atoms. The number of alkyl halides is 3. The van der Waals surface area contributed by atoms with Crippen molar-refractivity contribution in [1.29, 1.82) is 5.26 Å². The normalized spacial score (nSPS) is 13.5. The summed E-state index contributed by atoms with van der Waals surface area (Å²) in [5.74, 6) is 1.14. The number of unbranched alkanes of at least 4 members (excludes halogenated alkanes) is 2. The number of nitrogens with zero attached hydrogens (tertiary/aromatic N) is 3. The molecule has 3 aromatic carbocycles. The van der Waals surface area contributed by atoms with Gasteiger partial charge in [0.05, 0.1) is 36.6 Å². The Morgan fingerprint density at radius 1 is 1.00 bits per heavy atom. The first-order valence-corrected chi connectivity index (χ1v) is 16.4. The quantitative estimate of drug-likeness (QED) is 0.117. The molecule has 1 aliphatic rings. The summed E-state index contributed by atoms with van der Waals surface area (Å²) in [5.41, 5.74) is 0.967. The molecule has 252 valence electrons. The van der Waals surface area contributed by atoms with Gasteiger partial charge in [0.2, 0.25) is 0 Å². The Morgan fingerprint density at radius 2 is 1.73 bits per heavy atom. The van der Waals surface area contributed by atoms with Crippen LogP contribution in [0.2, 0.25) is 0 Å². The largest absolute Gasteiger partial charge is 0.490 e. The van der Waals surface area contributed by atoms with Crippen LogP contribution in [0.5, 0.6) is 11.5 Å². The second-order valence-electron chi connectivity index (χ2n) is 11.9. The van der Waals surface area contributed by atoms with Crippen molar-refractivity contribution in [2.45, 2.75) is 64.6 Å². The van der Waals surface area contributed by atoms with Crippen LogP contribution in [0.1, 0.15) is 91.3 Å². The van der Waals surface area contributed by atoms with E-state index in [4.69, 9.17) is 9.47 Å². The van der Waals surface area contributed by atoms with Gasteiger partial charge in [-0.3, -0.25) is 4.79 Å². The van der Waals surface area contributed by atoms with Gasteiger partial charge in [0.1, 0.15) is 5.69 Å². The Hall–Kier alpha value is -4.82. The summed E-state index contributed by atoms with van der Waals surface area (Å²) >= 11 is 0. The maximum atomic E-state index is 13.7.